The Morgan fingerprint density at radius 1 is 1.29 bits per heavy atom. The number of hydrogen-bond donors (Lipinski definition) is 1. The SMILES string of the molecule is Cc1cc(-n2c(C)cc(C(=O)N3CCOC(C(=O)O)C3)c2C)no1. The lowest BCUT2D eigenvalue weighted by molar-refractivity contribution is -0.154. The predicted molar refractivity (Wildman–Crippen MR) is 83.3 cm³/mol. The topological polar surface area (TPSA) is 97.8 Å². The van der Waals surface area contributed by atoms with Crippen LogP contribution in [0, 0.1) is 20.8 Å². The molecule has 0 aliphatic carbocycles. The molecule has 8 heteroatoms. The highest BCUT2D eigenvalue weighted by Gasteiger charge is 2.31. The van der Waals surface area contributed by atoms with Crippen LogP contribution in [0.1, 0.15) is 27.5 Å². The molecule has 0 aromatic carbocycles. The number of carbonyl (C=O) groups excluding carboxylic acids is 1. The molecule has 3 rings (SSSR count). The number of nitrogens with zero attached hydrogens (tertiary/aromatic N) is 3. The van der Waals surface area contributed by atoms with Gasteiger partial charge in [-0.3, -0.25) is 9.36 Å². The zero-order valence-electron chi connectivity index (χ0n) is 13.8. The molecule has 1 aliphatic heterocycles. The highest BCUT2D eigenvalue weighted by molar-refractivity contribution is 5.96. The van der Waals surface area contributed by atoms with Gasteiger partial charge in [0.25, 0.3) is 5.91 Å². The fourth-order valence-corrected chi connectivity index (χ4v) is 2.94. The highest BCUT2D eigenvalue weighted by Crippen LogP contribution is 2.22. The molecule has 3 heterocycles. The van der Waals surface area contributed by atoms with Gasteiger partial charge in [-0.15, -0.1) is 0 Å². The number of carboxylic acids is 1. The van der Waals surface area contributed by atoms with E-state index in [0.29, 0.717) is 23.7 Å². The van der Waals surface area contributed by atoms with E-state index < -0.39 is 12.1 Å². The number of ether oxygens (including phenoxy) is 1. The number of aryl methyl sites for hydroxylation is 2. The van der Waals surface area contributed by atoms with E-state index in [1.54, 1.807) is 19.1 Å². The van der Waals surface area contributed by atoms with Crippen LogP contribution in [0.4, 0.5) is 0 Å². The average molecular weight is 333 g/mol. The second-order valence-corrected chi connectivity index (χ2v) is 5.86. The standard InChI is InChI=1S/C16H19N3O5/c1-9-6-12(11(3)19(9)14-7-10(2)24-17-14)15(20)18-4-5-23-13(8-18)16(21)22/h6-7,13H,4-5,8H2,1-3H3,(H,21,22). The summed E-state index contributed by atoms with van der Waals surface area (Å²) >= 11 is 0. The van der Waals surface area contributed by atoms with Crippen LogP contribution in [-0.4, -0.2) is 57.4 Å². The van der Waals surface area contributed by atoms with Crippen LogP contribution in [-0.2, 0) is 9.53 Å². The molecule has 1 fully saturated rings. The molecule has 0 radical (unpaired) electrons. The summed E-state index contributed by atoms with van der Waals surface area (Å²) in [5.41, 5.74) is 2.12. The van der Waals surface area contributed by atoms with Gasteiger partial charge in [0.05, 0.1) is 18.7 Å². The fraction of sp³-hybridized carbons (Fsp3) is 0.438. The fourth-order valence-electron chi connectivity index (χ4n) is 2.94. The van der Waals surface area contributed by atoms with Crippen LogP contribution in [0.3, 0.4) is 0 Å². The summed E-state index contributed by atoms with van der Waals surface area (Å²) in [6, 6.07) is 3.58. The minimum Gasteiger partial charge on any atom is -0.479 e. The first-order chi connectivity index (χ1) is 11.4. The lowest BCUT2D eigenvalue weighted by Gasteiger charge is -2.30. The van der Waals surface area contributed by atoms with E-state index in [1.165, 1.54) is 4.90 Å². The van der Waals surface area contributed by atoms with Crippen molar-refractivity contribution < 1.29 is 24.0 Å². The van der Waals surface area contributed by atoms with E-state index in [-0.39, 0.29) is 19.1 Å². The molecule has 1 aliphatic rings. The maximum Gasteiger partial charge on any atom is 0.334 e. The number of carboxylic acid groups (broad SMARTS) is 1. The summed E-state index contributed by atoms with van der Waals surface area (Å²) in [4.78, 5) is 25.4. The van der Waals surface area contributed by atoms with Crippen LogP contribution >= 0.6 is 0 Å². The van der Waals surface area contributed by atoms with Gasteiger partial charge in [0.1, 0.15) is 5.76 Å². The second-order valence-electron chi connectivity index (χ2n) is 5.86. The normalized spacial score (nSPS) is 18.0. The third-order valence-corrected chi connectivity index (χ3v) is 4.14. The number of carbonyl (C=O) groups is 2. The molecule has 0 bridgehead atoms. The van der Waals surface area contributed by atoms with Gasteiger partial charge in [0, 0.05) is 24.0 Å². The molecule has 1 atom stereocenters. The molecule has 0 spiro atoms. The number of amides is 1. The van der Waals surface area contributed by atoms with Gasteiger partial charge < -0.3 is 19.3 Å². The maximum atomic E-state index is 12.8. The summed E-state index contributed by atoms with van der Waals surface area (Å²) in [5, 5.41) is 13.1. The van der Waals surface area contributed by atoms with Gasteiger partial charge in [0.2, 0.25) is 0 Å². The first-order valence-corrected chi connectivity index (χ1v) is 7.65. The number of aliphatic carboxylic acids is 1. The second kappa shape index (κ2) is 6.12. The minimum absolute atomic E-state index is 0.0426. The Balaban J connectivity index is 1.90. The molecular weight excluding hydrogens is 314 g/mol. The van der Waals surface area contributed by atoms with Gasteiger partial charge >= 0.3 is 5.97 Å². The summed E-state index contributed by atoms with van der Waals surface area (Å²) in [7, 11) is 0. The van der Waals surface area contributed by atoms with E-state index >= 15 is 0 Å². The van der Waals surface area contributed by atoms with Gasteiger partial charge in [-0.1, -0.05) is 5.16 Å². The van der Waals surface area contributed by atoms with Crippen molar-refractivity contribution in [1.82, 2.24) is 14.6 Å². The van der Waals surface area contributed by atoms with E-state index in [1.807, 2.05) is 18.4 Å². The molecule has 8 nitrogen and oxygen atoms in total. The van der Waals surface area contributed by atoms with Crippen LogP contribution < -0.4 is 0 Å². The van der Waals surface area contributed by atoms with Crippen LogP contribution in [0.15, 0.2) is 16.7 Å². The Kier molecular flexibility index (Phi) is 4.15. The molecule has 2 aromatic rings. The van der Waals surface area contributed by atoms with Gasteiger partial charge in [-0.25, -0.2) is 4.79 Å². The lowest BCUT2D eigenvalue weighted by Crippen LogP contribution is -2.48. The third-order valence-electron chi connectivity index (χ3n) is 4.14. The van der Waals surface area contributed by atoms with Crippen molar-refractivity contribution in [2.75, 3.05) is 19.7 Å². The van der Waals surface area contributed by atoms with E-state index in [4.69, 9.17) is 14.4 Å². The molecule has 1 amide bonds. The zero-order valence-corrected chi connectivity index (χ0v) is 13.8. The van der Waals surface area contributed by atoms with Gasteiger partial charge in [-0.05, 0) is 26.8 Å². The Bertz CT molecular complexity index is 792. The molecule has 24 heavy (non-hydrogen) atoms. The Morgan fingerprint density at radius 2 is 2.04 bits per heavy atom. The molecule has 1 saturated heterocycles. The van der Waals surface area contributed by atoms with Crippen LogP contribution in [0.5, 0.6) is 0 Å². The number of morpholine rings is 1. The summed E-state index contributed by atoms with van der Waals surface area (Å²) in [6.45, 7) is 6.14. The smallest absolute Gasteiger partial charge is 0.334 e. The largest absolute Gasteiger partial charge is 0.479 e. The number of aromatic nitrogens is 2. The molecular formula is C16H19N3O5. The molecule has 1 N–H and O–H groups in total. The summed E-state index contributed by atoms with van der Waals surface area (Å²) in [6.07, 6.45) is -0.982. The average Bonchev–Trinajstić information content (AvgIpc) is 3.09. The van der Waals surface area contributed by atoms with E-state index in [0.717, 1.165) is 11.4 Å². The molecule has 1 unspecified atom stereocenters. The van der Waals surface area contributed by atoms with Crippen molar-refractivity contribution in [2.24, 2.45) is 0 Å². The van der Waals surface area contributed by atoms with Crippen molar-refractivity contribution in [3.05, 3.63) is 34.8 Å². The maximum absolute atomic E-state index is 12.8. The van der Waals surface area contributed by atoms with Gasteiger partial charge in [-0.2, -0.15) is 0 Å². The van der Waals surface area contributed by atoms with Crippen molar-refractivity contribution in [3.8, 4) is 5.82 Å². The predicted octanol–water partition coefficient (Wildman–Crippen LogP) is 1.32. The summed E-state index contributed by atoms with van der Waals surface area (Å²) < 4.78 is 12.1. The quantitative estimate of drug-likeness (QED) is 0.909. The molecule has 2 aromatic heterocycles. The first kappa shape index (κ1) is 16.3. The highest BCUT2D eigenvalue weighted by atomic mass is 16.5. The van der Waals surface area contributed by atoms with Crippen molar-refractivity contribution in [3.63, 3.8) is 0 Å². The monoisotopic (exact) mass is 333 g/mol. The summed E-state index contributed by atoms with van der Waals surface area (Å²) in [5.74, 6) is 0.0370. The Hall–Kier alpha value is -2.61. The van der Waals surface area contributed by atoms with Gasteiger partial charge in [0.15, 0.2) is 11.9 Å². The lowest BCUT2D eigenvalue weighted by atomic mass is 10.2. The Morgan fingerprint density at radius 3 is 2.67 bits per heavy atom. The first-order valence-electron chi connectivity index (χ1n) is 7.65. The molecule has 128 valence electrons. The van der Waals surface area contributed by atoms with E-state index in [2.05, 4.69) is 5.16 Å². The zero-order chi connectivity index (χ0) is 17.4. The van der Waals surface area contributed by atoms with Crippen LogP contribution in [0.25, 0.3) is 5.82 Å². The number of hydrogen-bond acceptors (Lipinski definition) is 5. The number of rotatable bonds is 3. The van der Waals surface area contributed by atoms with Crippen LogP contribution in [0.2, 0.25) is 0 Å². The van der Waals surface area contributed by atoms with E-state index in [9.17, 15) is 9.59 Å². The van der Waals surface area contributed by atoms with Crippen molar-refractivity contribution in [2.45, 2.75) is 26.9 Å². The molecule has 0 saturated carbocycles. The third kappa shape index (κ3) is 2.80. The minimum atomic E-state index is -1.06. The van der Waals surface area contributed by atoms with Crippen molar-refractivity contribution in [1.29, 1.82) is 0 Å². The Labute approximate surface area is 138 Å². The van der Waals surface area contributed by atoms with Crippen molar-refractivity contribution >= 4 is 11.9 Å².